The molecule has 0 aliphatic carbocycles. The van der Waals surface area contributed by atoms with Gasteiger partial charge in [-0.15, -0.1) is 0 Å². The number of allylic oxidation sites excluding steroid dienone is 2. The maximum Gasteiger partial charge on any atom is 0.311 e. The molecule has 0 fully saturated rings. The monoisotopic (exact) mass is 624 g/mol. The molecule has 0 saturated carbocycles. The van der Waals surface area contributed by atoms with Crippen LogP contribution in [0.4, 0.5) is 0 Å². The minimum absolute atomic E-state index is 0.186. The van der Waals surface area contributed by atoms with Gasteiger partial charge in [0.25, 0.3) is 0 Å². The summed E-state index contributed by atoms with van der Waals surface area (Å²) in [6.45, 7) is 12.2. The van der Waals surface area contributed by atoms with E-state index in [4.69, 9.17) is 4.74 Å². The number of carbonyl (C=O) groups is 4. The van der Waals surface area contributed by atoms with Crippen molar-refractivity contribution in [3.05, 3.63) is 12.2 Å². The van der Waals surface area contributed by atoms with E-state index in [0.717, 1.165) is 38.5 Å². The van der Waals surface area contributed by atoms with Crippen molar-refractivity contribution in [3.63, 3.8) is 0 Å². The van der Waals surface area contributed by atoms with E-state index in [-0.39, 0.29) is 12.5 Å². The van der Waals surface area contributed by atoms with Gasteiger partial charge in [0, 0.05) is 17.9 Å². The van der Waals surface area contributed by atoms with Gasteiger partial charge in [-0.05, 0) is 59.3 Å². The minimum atomic E-state index is -1.56. The summed E-state index contributed by atoms with van der Waals surface area (Å²) in [6, 6.07) is -1.52. The molecule has 0 aliphatic rings. The molecule has 0 spiro atoms. The molecule has 3 atom stereocenters. The Kier molecular flexibility index (Phi) is 21.7. The summed E-state index contributed by atoms with van der Waals surface area (Å²) in [4.78, 5) is 49.3. The molecule has 9 nitrogen and oxygen atoms in total. The molecular formula is C35H64N2O7. The molecule has 0 bridgehead atoms. The van der Waals surface area contributed by atoms with Crippen LogP contribution in [0.2, 0.25) is 0 Å². The highest BCUT2D eigenvalue weighted by Crippen LogP contribution is 2.24. The first-order valence-electron chi connectivity index (χ1n) is 17.0. The Balaban J connectivity index is 4.57. The topological polar surface area (TPSA) is 142 Å². The number of hydrogen-bond acceptors (Lipinski definition) is 6. The zero-order valence-corrected chi connectivity index (χ0v) is 28.8. The zero-order valence-electron chi connectivity index (χ0n) is 28.8. The predicted molar refractivity (Wildman–Crippen MR) is 176 cm³/mol. The normalized spacial score (nSPS) is 14.2. The van der Waals surface area contributed by atoms with E-state index in [2.05, 4.69) is 29.7 Å². The number of hydrogen-bond donors (Lipinski definition) is 4. The number of aliphatic hydroxyl groups excluding tert-OH is 1. The highest BCUT2D eigenvalue weighted by Gasteiger charge is 2.38. The molecule has 0 aromatic carbocycles. The van der Waals surface area contributed by atoms with Crippen molar-refractivity contribution >= 4 is 23.8 Å². The van der Waals surface area contributed by atoms with Gasteiger partial charge < -0.3 is 25.6 Å². The summed E-state index contributed by atoms with van der Waals surface area (Å²) < 4.78 is 5.30. The first-order valence-corrected chi connectivity index (χ1v) is 17.0. The standard InChI is InChI=1S/C35H64N2O7/c1-8-10-11-12-13-14-15-16-17-18-19-20-21-22-23-24-29(38)36-27(9-2)28(25-30(39)40)37-32(42)31(41)35(6,7)26-44-33(43)34(3,4)5/h16-17,27-28,31,41H,8-15,18-26H2,1-7H3,(H,36,38)(H,37,42)(H,39,40)/b17-16-. The Morgan fingerprint density at radius 3 is 1.77 bits per heavy atom. The summed E-state index contributed by atoms with van der Waals surface area (Å²) in [5.74, 6) is -2.55. The fourth-order valence-corrected chi connectivity index (χ4v) is 4.77. The highest BCUT2D eigenvalue weighted by molar-refractivity contribution is 5.83. The van der Waals surface area contributed by atoms with Crippen molar-refractivity contribution in [2.24, 2.45) is 10.8 Å². The number of amides is 2. The fourth-order valence-electron chi connectivity index (χ4n) is 4.77. The average molecular weight is 625 g/mol. The van der Waals surface area contributed by atoms with Crippen LogP contribution in [0.15, 0.2) is 12.2 Å². The predicted octanol–water partition coefficient (Wildman–Crippen LogP) is 6.85. The Morgan fingerprint density at radius 1 is 0.750 bits per heavy atom. The molecule has 0 aliphatic heterocycles. The van der Waals surface area contributed by atoms with Gasteiger partial charge in [-0.25, -0.2) is 0 Å². The largest absolute Gasteiger partial charge is 0.481 e. The Bertz CT molecular complexity index is 864. The van der Waals surface area contributed by atoms with Gasteiger partial charge in [0.05, 0.1) is 24.5 Å². The van der Waals surface area contributed by atoms with Crippen LogP contribution >= 0.6 is 0 Å². The van der Waals surface area contributed by atoms with E-state index in [0.29, 0.717) is 12.8 Å². The number of unbranched alkanes of at least 4 members (excludes halogenated alkanes) is 11. The second-order valence-electron chi connectivity index (χ2n) is 13.8. The third-order valence-electron chi connectivity index (χ3n) is 7.84. The number of nitrogens with one attached hydrogen (secondary N) is 2. The maximum atomic E-state index is 12.9. The third kappa shape index (κ3) is 19.8. The van der Waals surface area contributed by atoms with Crippen LogP contribution in [-0.4, -0.2) is 58.8 Å². The van der Waals surface area contributed by atoms with Gasteiger partial charge in [0.15, 0.2) is 0 Å². The van der Waals surface area contributed by atoms with Gasteiger partial charge in [0.2, 0.25) is 11.8 Å². The van der Waals surface area contributed by atoms with Crippen LogP contribution < -0.4 is 10.6 Å². The lowest BCUT2D eigenvalue weighted by molar-refractivity contribution is -0.161. The van der Waals surface area contributed by atoms with E-state index in [1.54, 1.807) is 41.5 Å². The van der Waals surface area contributed by atoms with Crippen molar-refractivity contribution in [1.29, 1.82) is 0 Å². The Hall–Kier alpha value is -2.42. The van der Waals surface area contributed by atoms with Crippen molar-refractivity contribution in [2.75, 3.05) is 6.61 Å². The van der Waals surface area contributed by atoms with Gasteiger partial charge in [-0.3, -0.25) is 19.2 Å². The van der Waals surface area contributed by atoms with Crippen LogP contribution in [0.5, 0.6) is 0 Å². The van der Waals surface area contributed by atoms with Gasteiger partial charge in [-0.2, -0.15) is 0 Å². The van der Waals surface area contributed by atoms with Crippen LogP contribution in [-0.2, 0) is 23.9 Å². The van der Waals surface area contributed by atoms with Crippen LogP contribution in [0.1, 0.15) is 151 Å². The average Bonchev–Trinajstić information content (AvgIpc) is 2.95. The van der Waals surface area contributed by atoms with Crippen LogP contribution in [0, 0.1) is 10.8 Å². The van der Waals surface area contributed by atoms with Gasteiger partial charge >= 0.3 is 11.9 Å². The third-order valence-corrected chi connectivity index (χ3v) is 7.84. The quantitative estimate of drug-likeness (QED) is 0.0494. The van der Waals surface area contributed by atoms with Crippen LogP contribution in [0.3, 0.4) is 0 Å². The number of aliphatic carboxylic acids is 1. The number of carbonyl (C=O) groups excluding carboxylic acids is 3. The van der Waals surface area contributed by atoms with Crippen molar-refractivity contribution in [2.45, 2.75) is 169 Å². The lowest BCUT2D eigenvalue weighted by Gasteiger charge is -2.33. The van der Waals surface area contributed by atoms with Gasteiger partial charge in [0.1, 0.15) is 6.10 Å². The van der Waals surface area contributed by atoms with Crippen molar-refractivity contribution in [3.8, 4) is 0 Å². The number of carboxylic acids is 1. The Morgan fingerprint density at radius 2 is 1.27 bits per heavy atom. The summed E-state index contributed by atoms with van der Waals surface area (Å²) in [5.41, 5.74) is -1.85. The summed E-state index contributed by atoms with van der Waals surface area (Å²) in [7, 11) is 0. The van der Waals surface area contributed by atoms with Gasteiger partial charge in [-0.1, -0.05) is 91.2 Å². The number of esters is 1. The molecule has 44 heavy (non-hydrogen) atoms. The molecule has 0 aromatic rings. The number of rotatable bonds is 25. The van der Waals surface area contributed by atoms with E-state index >= 15 is 0 Å². The molecular weight excluding hydrogens is 560 g/mol. The fraction of sp³-hybridized carbons (Fsp3) is 0.829. The molecule has 0 heterocycles. The Labute approximate surface area is 267 Å². The molecule has 4 N–H and O–H groups in total. The van der Waals surface area contributed by atoms with E-state index in [1.165, 1.54) is 44.9 Å². The molecule has 2 amide bonds. The molecule has 256 valence electrons. The summed E-state index contributed by atoms with van der Waals surface area (Å²) in [5, 5.41) is 25.7. The maximum absolute atomic E-state index is 12.9. The number of ether oxygens (including phenoxy) is 1. The number of carboxylic acid groups (broad SMARTS) is 1. The number of aliphatic hydroxyl groups is 1. The van der Waals surface area contributed by atoms with Crippen molar-refractivity contribution in [1.82, 2.24) is 10.6 Å². The first-order chi connectivity index (χ1) is 20.7. The lowest BCUT2D eigenvalue weighted by atomic mass is 9.86. The lowest BCUT2D eigenvalue weighted by Crippen LogP contribution is -2.56. The summed E-state index contributed by atoms with van der Waals surface area (Å²) in [6.07, 6.45) is 18.6. The zero-order chi connectivity index (χ0) is 33.6. The SMILES string of the molecule is CCCCCCCC/C=C\CCCCCCCC(=O)NC(CC)C(CC(=O)O)NC(=O)C(O)C(C)(C)COC(=O)C(C)(C)C. The smallest absolute Gasteiger partial charge is 0.311 e. The highest BCUT2D eigenvalue weighted by atomic mass is 16.5. The second kappa shape index (κ2) is 23.0. The van der Waals surface area contributed by atoms with Crippen molar-refractivity contribution < 1.29 is 34.1 Å². The molecule has 3 unspecified atom stereocenters. The van der Waals surface area contributed by atoms with E-state index in [1.807, 2.05) is 0 Å². The van der Waals surface area contributed by atoms with Crippen LogP contribution in [0.25, 0.3) is 0 Å². The first kappa shape index (κ1) is 41.6. The summed E-state index contributed by atoms with van der Waals surface area (Å²) >= 11 is 0. The molecule has 9 heteroatoms. The molecule has 0 radical (unpaired) electrons. The molecule has 0 rings (SSSR count). The van der Waals surface area contributed by atoms with E-state index < -0.39 is 53.3 Å². The second-order valence-corrected chi connectivity index (χ2v) is 13.8. The minimum Gasteiger partial charge on any atom is -0.481 e. The molecule has 0 aromatic heterocycles. The molecule has 0 saturated heterocycles. The van der Waals surface area contributed by atoms with E-state index in [9.17, 15) is 29.4 Å².